The second-order valence-corrected chi connectivity index (χ2v) is 7.23. The molecule has 0 aliphatic carbocycles. The number of anilines is 1. The van der Waals surface area contributed by atoms with E-state index < -0.39 is 0 Å². The van der Waals surface area contributed by atoms with Crippen LogP contribution in [0.1, 0.15) is 29.7 Å². The van der Waals surface area contributed by atoms with Gasteiger partial charge < -0.3 is 10.2 Å². The number of carbonyl (C=O) groups is 1. The number of nitrogens with zero attached hydrogens (tertiary/aromatic N) is 2. The molecule has 0 saturated carbocycles. The molecule has 1 atom stereocenters. The maximum Gasteiger partial charge on any atom is 0.234 e. The predicted molar refractivity (Wildman–Crippen MR) is 108 cm³/mol. The van der Waals surface area contributed by atoms with Gasteiger partial charge in [0.25, 0.3) is 0 Å². The summed E-state index contributed by atoms with van der Waals surface area (Å²) in [6.45, 7) is 10.5. The third kappa shape index (κ3) is 4.64. The Morgan fingerprint density at radius 2 is 1.69 bits per heavy atom. The summed E-state index contributed by atoms with van der Waals surface area (Å²) in [5.74, 6) is 0.101. The van der Waals surface area contributed by atoms with Crippen LogP contribution in [0.2, 0.25) is 0 Å². The van der Waals surface area contributed by atoms with E-state index in [0.29, 0.717) is 6.54 Å². The number of amides is 1. The molecule has 1 saturated heterocycles. The van der Waals surface area contributed by atoms with Crippen molar-refractivity contribution < 1.29 is 4.79 Å². The summed E-state index contributed by atoms with van der Waals surface area (Å²) < 4.78 is 0. The van der Waals surface area contributed by atoms with Gasteiger partial charge in [0.2, 0.25) is 5.91 Å². The van der Waals surface area contributed by atoms with Crippen LogP contribution >= 0.6 is 0 Å². The summed E-state index contributed by atoms with van der Waals surface area (Å²) in [7, 11) is 0. The average Bonchev–Trinajstić information content (AvgIpc) is 2.65. The number of hydrogen-bond donors (Lipinski definition) is 1. The van der Waals surface area contributed by atoms with E-state index in [1.54, 1.807) is 0 Å². The molecule has 1 fully saturated rings. The van der Waals surface area contributed by atoms with Crippen molar-refractivity contribution in [3.8, 4) is 0 Å². The summed E-state index contributed by atoms with van der Waals surface area (Å²) in [5.41, 5.74) is 4.97. The lowest BCUT2D eigenvalue weighted by Crippen LogP contribution is -2.49. The van der Waals surface area contributed by atoms with Crippen LogP contribution in [-0.2, 0) is 4.79 Å². The number of benzene rings is 2. The molecule has 1 N–H and O–H groups in total. The molecular formula is C22H29N3O. The van der Waals surface area contributed by atoms with Gasteiger partial charge in [-0.3, -0.25) is 9.69 Å². The van der Waals surface area contributed by atoms with Crippen LogP contribution in [0.5, 0.6) is 0 Å². The Hall–Kier alpha value is -2.33. The minimum Gasteiger partial charge on any atom is -0.369 e. The second kappa shape index (κ2) is 8.37. The van der Waals surface area contributed by atoms with E-state index in [-0.39, 0.29) is 11.9 Å². The van der Waals surface area contributed by atoms with Crippen molar-refractivity contribution in [2.75, 3.05) is 37.6 Å². The molecule has 138 valence electrons. The summed E-state index contributed by atoms with van der Waals surface area (Å²) in [6.07, 6.45) is 0. The molecular weight excluding hydrogens is 322 g/mol. The lowest BCUT2D eigenvalue weighted by atomic mass is 10.0. The van der Waals surface area contributed by atoms with Gasteiger partial charge in [0.05, 0.1) is 12.6 Å². The van der Waals surface area contributed by atoms with E-state index in [1.807, 2.05) is 6.07 Å². The third-order valence-electron chi connectivity index (χ3n) is 5.27. The van der Waals surface area contributed by atoms with Crippen LogP contribution in [0.3, 0.4) is 0 Å². The van der Waals surface area contributed by atoms with Crippen LogP contribution in [0.25, 0.3) is 0 Å². The number of aryl methyl sites for hydroxylation is 2. The maximum absolute atomic E-state index is 12.4. The topological polar surface area (TPSA) is 35.6 Å². The van der Waals surface area contributed by atoms with Crippen molar-refractivity contribution >= 4 is 11.6 Å². The molecule has 4 heteroatoms. The van der Waals surface area contributed by atoms with Gasteiger partial charge in [-0.1, -0.05) is 36.4 Å². The molecule has 2 aromatic rings. The minimum atomic E-state index is 0.0346. The average molecular weight is 351 g/mol. The van der Waals surface area contributed by atoms with Gasteiger partial charge >= 0.3 is 0 Å². The molecule has 0 radical (unpaired) electrons. The smallest absolute Gasteiger partial charge is 0.234 e. The fourth-order valence-corrected chi connectivity index (χ4v) is 3.41. The molecule has 26 heavy (non-hydrogen) atoms. The monoisotopic (exact) mass is 351 g/mol. The zero-order chi connectivity index (χ0) is 18.5. The molecule has 1 amide bonds. The first-order chi connectivity index (χ1) is 12.5. The van der Waals surface area contributed by atoms with Crippen molar-refractivity contribution in [2.45, 2.75) is 26.8 Å². The molecule has 1 aliphatic rings. The van der Waals surface area contributed by atoms with E-state index in [9.17, 15) is 4.79 Å². The highest BCUT2D eigenvalue weighted by Gasteiger charge is 2.20. The quantitative estimate of drug-likeness (QED) is 0.898. The lowest BCUT2D eigenvalue weighted by molar-refractivity contribution is -0.123. The van der Waals surface area contributed by atoms with E-state index in [0.717, 1.165) is 31.7 Å². The zero-order valence-electron chi connectivity index (χ0n) is 16.0. The largest absolute Gasteiger partial charge is 0.369 e. The molecule has 4 nitrogen and oxygen atoms in total. The van der Waals surface area contributed by atoms with Crippen LogP contribution in [0.4, 0.5) is 5.69 Å². The van der Waals surface area contributed by atoms with Crippen molar-refractivity contribution in [1.82, 2.24) is 10.2 Å². The van der Waals surface area contributed by atoms with Gasteiger partial charge in [0.15, 0.2) is 0 Å². The number of hydrogen-bond acceptors (Lipinski definition) is 3. The Morgan fingerprint density at radius 3 is 2.35 bits per heavy atom. The Balaban J connectivity index is 1.47. The second-order valence-electron chi connectivity index (χ2n) is 7.23. The van der Waals surface area contributed by atoms with Gasteiger partial charge in [-0.25, -0.2) is 0 Å². The third-order valence-corrected chi connectivity index (χ3v) is 5.27. The van der Waals surface area contributed by atoms with Crippen LogP contribution in [0.15, 0.2) is 48.5 Å². The van der Waals surface area contributed by atoms with E-state index >= 15 is 0 Å². The van der Waals surface area contributed by atoms with Gasteiger partial charge in [0.1, 0.15) is 0 Å². The zero-order valence-corrected chi connectivity index (χ0v) is 16.0. The molecule has 0 spiro atoms. The fraction of sp³-hybridized carbons (Fsp3) is 0.409. The number of rotatable bonds is 5. The number of carbonyl (C=O) groups excluding carboxylic acids is 1. The number of para-hydroxylation sites is 1. The van der Waals surface area contributed by atoms with E-state index in [4.69, 9.17) is 0 Å². The number of nitrogens with one attached hydrogen (secondary N) is 1. The Kier molecular flexibility index (Phi) is 5.94. The molecule has 1 unspecified atom stereocenters. The molecule has 3 rings (SSSR count). The normalized spacial score (nSPS) is 16.3. The van der Waals surface area contributed by atoms with Crippen molar-refractivity contribution in [2.24, 2.45) is 0 Å². The van der Waals surface area contributed by atoms with Crippen molar-refractivity contribution in [3.05, 3.63) is 65.2 Å². The SMILES string of the molecule is Cc1ccc(C(C)NC(=O)CN2CCN(c3ccccc3)CC2)cc1C. The summed E-state index contributed by atoms with van der Waals surface area (Å²) in [5, 5.41) is 3.14. The minimum absolute atomic E-state index is 0.0346. The van der Waals surface area contributed by atoms with Crippen molar-refractivity contribution in [1.29, 1.82) is 0 Å². The number of piperazine rings is 1. The van der Waals surface area contributed by atoms with Crippen molar-refractivity contribution in [3.63, 3.8) is 0 Å². The predicted octanol–water partition coefficient (Wildman–Crippen LogP) is 3.30. The summed E-state index contributed by atoms with van der Waals surface area (Å²) in [4.78, 5) is 17.1. The van der Waals surface area contributed by atoms with Crippen LogP contribution in [-0.4, -0.2) is 43.5 Å². The van der Waals surface area contributed by atoms with Gasteiger partial charge in [-0.2, -0.15) is 0 Å². The highest BCUT2D eigenvalue weighted by atomic mass is 16.2. The molecule has 2 aromatic carbocycles. The molecule has 0 bridgehead atoms. The highest BCUT2D eigenvalue weighted by molar-refractivity contribution is 5.78. The highest BCUT2D eigenvalue weighted by Crippen LogP contribution is 2.17. The first-order valence-corrected chi connectivity index (χ1v) is 9.42. The summed E-state index contributed by atoms with van der Waals surface area (Å²) >= 11 is 0. The fourth-order valence-electron chi connectivity index (χ4n) is 3.41. The lowest BCUT2D eigenvalue weighted by Gasteiger charge is -2.35. The summed E-state index contributed by atoms with van der Waals surface area (Å²) in [6, 6.07) is 16.9. The van der Waals surface area contributed by atoms with E-state index in [1.165, 1.54) is 16.8 Å². The van der Waals surface area contributed by atoms with Gasteiger partial charge in [-0.05, 0) is 49.6 Å². The maximum atomic E-state index is 12.4. The van der Waals surface area contributed by atoms with Gasteiger partial charge in [-0.15, -0.1) is 0 Å². The first kappa shape index (κ1) is 18.5. The standard InChI is InChI=1S/C22H29N3O/c1-17-9-10-20(15-18(17)2)19(3)23-22(26)16-24-11-13-25(14-12-24)21-7-5-4-6-8-21/h4-10,15,19H,11-14,16H2,1-3H3,(H,23,26). The van der Waals surface area contributed by atoms with Crippen LogP contribution in [0, 0.1) is 13.8 Å². The van der Waals surface area contributed by atoms with E-state index in [2.05, 4.69) is 78.4 Å². The molecule has 0 aromatic heterocycles. The molecule has 1 aliphatic heterocycles. The molecule has 1 heterocycles. The first-order valence-electron chi connectivity index (χ1n) is 9.42. The van der Waals surface area contributed by atoms with Gasteiger partial charge in [0, 0.05) is 31.9 Å². The Bertz CT molecular complexity index is 736. The Morgan fingerprint density at radius 1 is 1.00 bits per heavy atom. The van der Waals surface area contributed by atoms with Crippen LogP contribution < -0.4 is 10.2 Å². The Labute approximate surface area is 156 Å².